The molecule has 2 amide bonds. The molecule has 0 saturated carbocycles. The van der Waals surface area contributed by atoms with E-state index in [4.69, 9.17) is 5.11 Å². The molecule has 0 aromatic heterocycles. The monoisotopic (exact) mass is 284 g/mol. The van der Waals surface area contributed by atoms with Crippen LogP contribution in [0.2, 0.25) is 0 Å². The summed E-state index contributed by atoms with van der Waals surface area (Å²) in [4.78, 5) is 38.2. The summed E-state index contributed by atoms with van der Waals surface area (Å²) in [6, 6.07) is 0. The minimum absolute atomic E-state index is 0.00533. The second kappa shape index (κ2) is 6.24. The van der Waals surface area contributed by atoms with Crippen LogP contribution >= 0.6 is 0 Å². The van der Waals surface area contributed by atoms with Crippen LogP contribution in [0.4, 0.5) is 0 Å². The summed E-state index contributed by atoms with van der Waals surface area (Å²) in [5.74, 6) is -1.04. The SMILES string of the molecule is CN(C)C(=O)C1CCN(C(=O)CC(C)(C)C(=O)O)CC1. The van der Waals surface area contributed by atoms with Gasteiger partial charge in [-0.25, -0.2) is 0 Å². The Balaban J connectivity index is 2.51. The highest BCUT2D eigenvalue weighted by Gasteiger charge is 2.34. The van der Waals surface area contributed by atoms with Crippen molar-refractivity contribution in [3.8, 4) is 0 Å². The molecule has 1 saturated heterocycles. The molecule has 1 aliphatic rings. The van der Waals surface area contributed by atoms with Crippen molar-refractivity contribution in [2.75, 3.05) is 27.2 Å². The van der Waals surface area contributed by atoms with Crippen molar-refractivity contribution in [1.82, 2.24) is 9.80 Å². The molecular formula is C14H24N2O4. The molecule has 1 N–H and O–H groups in total. The molecule has 1 heterocycles. The zero-order valence-electron chi connectivity index (χ0n) is 12.7. The maximum Gasteiger partial charge on any atom is 0.309 e. The minimum Gasteiger partial charge on any atom is -0.481 e. The molecule has 0 unspecified atom stereocenters. The lowest BCUT2D eigenvalue weighted by atomic mass is 9.88. The first kappa shape index (κ1) is 16.5. The van der Waals surface area contributed by atoms with Gasteiger partial charge in [-0.1, -0.05) is 0 Å². The van der Waals surface area contributed by atoms with E-state index < -0.39 is 11.4 Å². The van der Waals surface area contributed by atoms with Gasteiger partial charge in [-0.15, -0.1) is 0 Å². The lowest BCUT2D eigenvalue weighted by Gasteiger charge is -2.33. The van der Waals surface area contributed by atoms with Crippen LogP contribution in [-0.4, -0.2) is 59.9 Å². The number of likely N-dealkylation sites (tertiary alicyclic amines) is 1. The third kappa shape index (κ3) is 3.95. The van der Waals surface area contributed by atoms with Crippen LogP contribution in [0.25, 0.3) is 0 Å². The van der Waals surface area contributed by atoms with E-state index in [0.717, 1.165) is 0 Å². The van der Waals surface area contributed by atoms with Crippen LogP contribution < -0.4 is 0 Å². The van der Waals surface area contributed by atoms with Crippen molar-refractivity contribution >= 4 is 17.8 Å². The maximum absolute atomic E-state index is 12.1. The van der Waals surface area contributed by atoms with Crippen molar-refractivity contribution in [3.63, 3.8) is 0 Å². The normalized spacial score (nSPS) is 16.9. The molecule has 1 fully saturated rings. The maximum atomic E-state index is 12.1. The van der Waals surface area contributed by atoms with E-state index in [2.05, 4.69) is 0 Å². The second-order valence-electron chi connectivity index (χ2n) is 6.25. The largest absolute Gasteiger partial charge is 0.481 e. The fraction of sp³-hybridized carbons (Fsp3) is 0.786. The highest BCUT2D eigenvalue weighted by atomic mass is 16.4. The highest BCUT2D eigenvalue weighted by molar-refractivity contribution is 5.85. The Kier molecular flexibility index (Phi) is 5.14. The Bertz CT molecular complexity index is 396. The van der Waals surface area contributed by atoms with Gasteiger partial charge in [0.2, 0.25) is 11.8 Å². The Morgan fingerprint density at radius 1 is 1.20 bits per heavy atom. The average Bonchev–Trinajstić information content (AvgIpc) is 2.37. The van der Waals surface area contributed by atoms with Gasteiger partial charge >= 0.3 is 5.97 Å². The van der Waals surface area contributed by atoms with Gasteiger partial charge in [0.25, 0.3) is 0 Å². The molecule has 0 aromatic carbocycles. The van der Waals surface area contributed by atoms with Gasteiger partial charge in [0.05, 0.1) is 5.41 Å². The molecule has 6 nitrogen and oxygen atoms in total. The Morgan fingerprint density at radius 3 is 2.10 bits per heavy atom. The summed E-state index contributed by atoms with van der Waals surface area (Å²) >= 11 is 0. The minimum atomic E-state index is -1.05. The first-order valence-electron chi connectivity index (χ1n) is 6.87. The molecule has 0 bridgehead atoms. The van der Waals surface area contributed by atoms with E-state index >= 15 is 0 Å². The third-order valence-corrected chi connectivity index (χ3v) is 3.81. The predicted octanol–water partition coefficient (Wildman–Crippen LogP) is 0.814. The number of carbonyl (C=O) groups excluding carboxylic acids is 2. The van der Waals surface area contributed by atoms with Crippen molar-refractivity contribution in [1.29, 1.82) is 0 Å². The number of piperidine rings is 1. The fourth-order valence-electron chi connectivity index (χ4n) is 2.31. The molecule has 20 heavy (non-hydrogen) atoms. The number of rotatable bonds is 4. The average molecular weight is 284 g/mol. The lowest BCUT2D eigenvalue weighted by Crippen LogP contribution is -2.44. The van der Waals surface area contributed by atoms with Crippen LogP contribution in [0.5, 0.6) is 0 Å². The Hall–Kier alpha value is -1.59. The van der Waals surface area contributed by atoms with Gasteiger partial charge in [0.1, 0.15) is 0 Å². The summed E-state index contributed by atoms with van der Waals surface area (Å²) in [6.07, 6.45) is 1.29. The molecule has 114 valence electrons. The van der Waals surface area contributed by atoms with Crippen molar-refractivity contribution in [3.05, 3.63) is 0 Å². The van der Waals surface area contributed by atoms with Gasteiger partial charge in [-0.2, -0.15) is 0 Å². The molecule has 0 aliphatic carbocycles. The van der Waals surface area contributed by atoms with Crippen molar-refractivity contribution < 1.29 is 19.5 Å². The molecule has 0 atom stereocenters. The van der Waals surface area contributed by atoms with Crippen LogP contribution in [-0.2, 0) is 14.4 Å². The third-order valence-electron chi connectivity index (χ3n) is 3.81. The van der Waals surface area contributed by atoms with E-state index in [1.165, 1.54) is 0 Å². The first-order chi connectivity index (χ1) is 9.15. The smallest absolute Gasteiger partial charge is 0.309 e. The summed E-state index contributed by atoms with van der Waals surface area (Å²) in [5.41, 5.74) is -1.05. The molecular weight excluding hydrogens is 260 g/mol. The quantitative estimate of drug-likeness (QED) is 0.829. The zero-order valence-corrected chi connectivity index (χ0v) is 12.7. The number of aliphatic carboxylic acids is 1. The molecule has 0 spiro atoms. The van der Waals surface area contributed by atoms with E-state index in [0.29, 0.717) is 25.9 Å². The number of amides is 2. The van der Waals surface area contributed by atoms with Gasteiger partial charge in [0, 0.05) is 39.5 Å². The zero-order chi connectivity index (χ0) is 15.5. The summed E-state index contributed by atoms with van der Waals surface area (Å²) in [7, 11) is 3.46. The van der Waals surface area contributed by atoms with Crippen LogP contribution in [0, 0.1) is 11.3 Å². The number of nitrogens with zero attached hydrogens (tertiary/aromatic N) is 2. The van der Waals surface area contributed by atoms with E-state index in [9.17, 15) is 14.4 Å². The van der Waals surface area contributed by atoms with Gasteiger partial charge in [-0.3, -0.25) is 14.4 Å². The van der Waals surface area contributed by atoms with Crippen LogP contribution in [0.15, 0.2) is 0 Å². The standard InChI is InChI=1S/C14H24N2O4/c1-14(2,13(19)20)9-11(17)16-7-5-10(6-8-16)12(18)15(3)4/h10H,5-9H2,1-4H3,(H,19,20). The second-order valence-corrected chi connectivity index (χ2v) is 6.25. The lowest BCUT2D eigenvalue weighted by molar-refractivity contribution is -0.152. The van der Waals surface area contributed by atoms with Gasteiger partial charge in [0.15, 0.2) is 0 Å². The van der Waals surface area contributed by atoms with E-state index in [1.54, 1.807) is 37.7 Å². The van der Waals surface area contributed by atoms with E-state index in [1.807, 2.05) is 0 Å². The summed E-state index contributed by atoms with van der Waals surface area (Å²) in [5, 5.41) is 9.04. The molecule has 0 aromatic rings. The fourth-order valence-corrected chi connectivity index (χ4v) is 2.31. The molecule has 6 heteroatoms. The summed E-state index contributed by atoms with van der Waals surface area (Å²) < 4.78 is 0. The first-order valence-corrected chi connectivity index (χ1v) is 6.87. The topological polar surface area (TPSA) is 77.9 Å². The predicted molar refractivity (Wildman–Crippen MR) is 74.0 cm³/mol. The summed E-state index contributed by atoms with van der Waals surface area (Å²) in [6.45, 7) is 4.16. The Morgan fingerprint density at radius 2 is 1.70 bits per heavy atom. The van der Waals surface area contributed by atoms with Crippen molar-refractivity contribution in [2.24, 2.45) is 11.3 Å². The van der Waals surface area contributed by atoms with Crippen LogP contribution in [0.3, 0.4) is 0 Å². The number of hydrogen-bond acceptors (Lipinski definition) is 3. The highest BCUT2D eigenvalue weighted by Crippen LogP contribution is 2.25. The van der Waals surface area contributed by atoms with Gasteiger partial charge < -0.3 is 14.9 Å². The van der Waals surface area contributed by atoms with Gasteiger partial charge in [-0.05, 0) is 26.7 Å². The number of hydrogen-bond donors (Lipinski definition) is 1. The van der Waals surface area contributed by atoms with Crippen LogP contribution in [0.1, 0.15) is 33.1 Å². The number of carbonyl (C=O) groups is 3. The van der Waals surface area contributed by atoms with Crippen molar-refractivity contribution in [2.45, 2.75) is 33.1 Å². The van der Waals surface area contributed by atoms with E-state index in [-0.39, 0.29) is 24.2 Å². The Labute approximate surface area is 119 Å². The molecule has 1 aliphatic heterocycles. The number of carboxylic acids is 1. The molecule has 1 rings (SSSR count). The number of carboxylic acid groups (broad SMARTS) is 1. The molecule has 0 radical (unpaired) electrons.